The molecule has 1 aliphatic rings. The van der Waals surface area contributed by atoms with Gasteiger partial charge < -0.3 is 14.8 Å². The maximum Gasteiger partial charge on any atom is 0.410 e. The average molecular weight is 278 g/mol. The lowest BCUT2D eigenvalue weighted by Crippen LogP contribution is -2.43. The van der Waals surface area contributed by atoms with Gasteiger partial charge in [0.2, 0.25) is 5.91 Å². The average Bonchev–Trinajstić information content (AvgIpc) is 2.96. The number of methoxy groups -OCH3 is 2. The van der Waals surface area contributed by atoms with Crippen LogP contribution < -0.4 is 10.1 Å². The van der Waals surface area contributed by atoms with E-state index >= 15 is 0 Å². The van der Waals surface area contributed by atoms with Crippen molar-refractivity contribution in [3.8, 4) is 5.75 Å². The number of hydrogen-bond donors (Lipinski definition) is 1. The Morgan fingerprint density at radius 1 is 1.25 bits per heavy atom. The molecule has 1 aromatic carbocycles. The number of likely N-dealkylation sites (tertiary alicyclic amines) is 1. The SMILES string of the molecule is COC(=O)N1CCCC1C(=O)Nc1ccc(OC)cc1. The highest BCUT2D eigenvalue weighted by Crippen LogP contribution is 2.21. The Bertz CT molecular complexity index is 486. The molecule has 1 fully saturated rings. The van der Waals surface area contributed by atoms with Crippen LogP contribution in [0.1, 0.15) is 12.8 Å². The standard InChI is InChI=1S/C14H18N2O4/c1-19-11-7-5-10(6-8-11)15-13(17)12-4-3-9-16(12)14(18)20-2/h5-8,12H,3-4,9H2,1-2H3,(H,15,17). The van der Waals surface area contributed by atoms with Crippen molar-refractivity contribution >= 4 is 17.7 Å². The van der Waals surface area contributed by atoms with Crippen LogP contribution in [-0.2, 0) is 9.53 Å². The van der Waals surface area contributed by atoms with E-state index in [1.165, 1.54) is 12.0 Å². The minimum Gasteiger partial charge on any atom is -0.497 e. The van der Waals surface area contributed by atoms with E-state index < -0.39 is 12.1 Å². The van der Waals surface area contributed by atoms with Gasteiger partial charge in [-0.15, -0.1) is 0 Å². The van der Waals surface area contributed by atoms with Crippen molar-refractivity contribution in [2.45, 2.75) is 18.9 Å². The first-order chi connectivity index (χ1) is 9.65. The van der Waals surface area contributed by atoms with Gasteiger partial charge in [0, 0.05) is 12.2 Å². The molecule has 0 bridgehead atoms. The summed E-state index contributed by atoms with van der Waals surface area (Å²) in [5.74, 6) is 0.526. The highest BCUT2D eigenvalue weighted by molar-refractivity contribution is 5.96. The first-order valence-electron chi connectivity index (χ1n) is 6.45. The molecule has 20 heavy (non-hydrogen) atoms. The van der Waals surface area contributed by atoms with Crippen LogP contribution in [0.4, 0.5) is 10.5 Å². The molecule has 1 aromatic rings. The molecule has 6 nitrogen and oxygen atoms in total. The van der Waals surface area contributed by atoms with Gasteiger partial charge in [0.25, 0.3) is 0 Å². The van der Waals surface area contributed by atoms with Crippen molar-refractivity contribution in [3.63, 3.8) is 0 Å². The zero-order valence-electron chi connectivity index (χ0n) is 11.6. The Morgan fingerprint density at radius 2 is 1.95 bits per heavy atom. The first-order valence-corrected chi connectivity index (χ1v) is 6.45. The Balaban J connectivity index is 2.01. The van der Waals surface area contributed by atoms with Crippen LogP contribution in [0.15, 0.2) is 24.3 Å². The third-order valence-electron chi connectivity index (χ3n) is 3.32. The molecule has 1 atom stereocenters. The minimum absolute atomic E-state index is 0.196. The van der Waals surface area contributed by atoms with Gasteiger partial charge in [-0.3, -0.25) is 9.69 Å². The summed E-state index contributed by atoms with van der Waals surface area (Å²) >= 11 is 0. The molecule has 1 aliphatic heterocycles. The molecule has 1 heterocycles. The van der Waals surface area contributed by atoms with Crippen molar-refractivity contribution in [1.82, 2.24) is 4.90 Å². The topological polar surface area (TPSA) is 67.9 Å². The van der Waals surface area contributed by atoms with Gasteiger partial charge in [0.1, 0.15) is 11.8 Å². The number of benzene rings is 1. The number of anilines is 1. The van der Waals surface area contributed by atoms with Gasteiger partial charge in [-0.2, -0.15) is 0 Å². The lowest BCUT2D eigenvalue weighted by molar-refractivity contribution is -0.119. The smallest absolute Gasteiger partial charge is 0.410 e. The molecular weight excluding hydrogens is 260 g/mol. The second kappa shape index (κ2) is 6.27. The van der Waals surface area contributed by atoms with E-state index in [4.69, 9.17) is 4.74 Å². The maximum absolute atomic E-state index is 12.2. The highest BCUT2D eigenvalue weighted by atomic mass is 16.5. The summed E-state index contributed by atoms with van der Waals surface area (Å²) in [6, 6.07) is 6.58. The fourth-order valence-electron chi connectivity index (χ4n) is 2.27. The summed E-state index contributed by atoms with van der Waals surface area (Å²) < 4.78 is 9.74. The fraction of sp³-hybridized carbons (Fsp3) is 0.429. The molecule has 1 saturated heterocycles. The van der Waals surface area contributed by atoms with Crippen molar-refractivity contribution in [3.05, 3.63) is 24.3 Å². The van der Waals surface area contributed by atoms with Crippen LogP contribution in [0.5, 0.6) is 5.75 Å². The van der Waals surface area contributed by atoms with Gasteiger partial charge >= 0.3 is 6.09 Å². The molecule has 0 radical (unpaired) electrons. The van der Waals surface area contributed by atoms with Gasteiger partial charge in [-0.25, -0.2) is 4.79 Å². The van der Waals surface area contributed by atoms with Gasteiger partial charge in [0.05, 0.1) is 14.2 Å². The van der Waals surface area contributed by atoms with Gasteiger partial charge in [0.15, 0.2) is 0 Å². The first kappa shape index (κ1) is 14.2. The lowest BCUT2D eigenvalue weighted by Gasteiger charge is -2.22. The molecule has 0 aromatic heterocycles. The summed E-state index contributed by atoms with van der Waals surface area (Å²) in [6.45, 7) is 0.549. The number of carbonyl (C=O) groups is 2. The van der Waals surface area contributed by atoms with Gasteiger partial charge in [-0.1, -0.05) is 0 Å². The lowest BCUT2D eigenvalue weighted by atomic mass is 10.2. The molecule has 1 N–H and O–H groups in total. The van der Waals surface area contributed by atoms with Crippen molar-refractivity contribution in [1.29, 1.82) is 0 Å². The van der Waals surface area contributed by atoms with Crippen LogP contribution in [0.25, 0.3) is 0 Å². The third kappa shape index (κ3) is 3.01. The normalized spacial score (nSPS) is 17.7. The van der Waals surface area contributed by atoms with E-state index in [9.17, 15) is 9.59 Å². The van der Waals surface area contributed by atoms with E-state index in [-0.39, 0.29) is 5.91 Å². The van der Waals surface area contributed by atoms with Crippen LogP contribution in [-0.4, -0.2) is 43.7 Å². The maximum atomic E-state index is 12.2. The molecule has 108 valence electrons. The molecule has 0 saturated carbocycles. The molecule has 6 heteroatoms. The predicted molar refractivity (Wildman–Crippen MR) is 73.8 cm³/mol. The summed E-state index contributed by atoms with van der Waals surface area (Å²) in [4.78, 5) is 25.2. The van der Waals surface area contributed by atoms with Crippen molar-refractivity contribution in [2.75, 3.05) is 26.1 Å². The number of carbonyl (C=O) groups excluding carboxylic acids is 2. The zero-order chi connectivity index (χ0) is 14.5. The molecule has 2 rings (SSSR count). The molecule has 0 spiro atoms. The second-order valence-corrected chi connectivity index (χ2v) is 4.54. The van der Waals surface area contributed by atoms with E-state index in [0.717, 1.165) is 12.2 Å². The monoisotopic (exact) mass is 278 g/mol. The Morgan fingerprint density at radius 3 is 2.55 bits per heavy atom. The van der Waals surface area contributed by atoms with Crippen molar-refractivity contribution < 1.29 is 19.1 Å². The number of amides is 2. The second-order valence-electron chi connectivity index (χ2n) is 4.54. The Labute approximate surface area is 117 Å². The van der Waals surface area contributed by atoms with Crippen LogP contribution in [0, 0.1) is 0 Å². The number of nitrogens with one attached hydrogen (secondary N) is 1. The number of hydrogen-bond acceptors (Lipinski definition) is 4. The fourth-order valence-corrected chi connectivity index (χ4v) is 2.27. The summed E-state index contributed by atoms with van der Waals surface area (Å²) in [5, 5.41) is 2.80. The van der Waals surface area contributed by atoms with Crippen LogP contribution >= 0.6 is 0 Å². The summed E-state index contributed by atoms with van der Waals surface area (Å²) in [5.41, 5.74) is 0.674. The molecule has 1 unspecified atom stereocenters. The van der Waals surface area contributed by atoms with E-state index in [1.54, 1.807) is 31.4 Å². The number of rotatable bonds is 3. The number of ether oxygens (including phenoxy) is 2. The predicted octanol–water partition coefficient (Wildman–Crippen LogP) is 1.86. The third-order valence-corrected chi connectivity index (χ3v) is 3.32. The van der Waals surface area contributed by atoms with Gasteiger partial charge in [-0.05, 0) is 37.1 Å². The zero-order valence-corrected chi connectivity index (χ0v) is 11.6. The Kier molecular flexibility index (Phi) is 4.45. The Hall–Kier alpha value is -2.24. The quantitative estimate of drug-likeness (QED) is 0.916. The highest BCUT2D eigenvalue weighted by Gasteiger charge is 2.34. The summed E-state index contributed by atoms with van der Waals surface area (Å²) in [7, 11) is 2.90. The minimum atomic E-state index is -0.468. The molecule has 0 aliphatic carbocycles. The van der Waals surface area contributed by atoms with Crippen molar-refractivity contribution in [2.24, 2.45) is 0 Å². The van der Waals surface area contributed by atoms with Crippen LogP contribution in [0.3, 0.4) is 0 Å². The van der Waals surface area contributed by atoms with E-state index in [1.807, 2.05) is 0 Å². The largest absolute Gasteiger partial charge is 0.497 e. The van der Waals surface area contributed by atoms with E-state index in [2.05, 4.69) is 10.1 Å². The number of nitrogens with zero attached hydrogens (tertiary/aromatic N) is 1. The summed E-state index contributed by atoms with van der Waals surface area (Å²) in [6.07, 6.45) is 0.991. The van der Waals surface area contributed by atoms with E-state index in [0.29, 0.717) is 18.7 Å². The van der Waals surface area contributed by atoms with Crippen LogP contribution in [0.2, 0.25) is 0 Å². The molecule has 2 amide bonds. The molecular formula is C14H18N2O4.